The highest BCUT2D eigenvalue weighted by atomic mass is 31.2. The van der Waals surface area contributed by atoms with Gasteiger partial charge < -0.3 is 39.7 Å². The van der Waals surface area contributed by atoms with E-state index in [0.29, 0.717) is 16.9 Å². The molecule has 0 unspecified atom stereocenters. The number of aliphatic hydroxyl groups is 2. The summed E-state index contributed by atoms with van der Waals surface area (Å²) in [5, 5.41) is 23.0. The van der Waals surface area contributed by atoms with Gasteiger partial charge in [-0.15, -0.1) is 0 Å². The monoisotopic (exact) mass is 416 g/mol. The molecule has 2 heterocycles. The second kappa shape index (κ2) is 8.18. The van der Waals surface area contributed by atoms with Crippen molar-refractivity contribution in [3.63, 3.8) is 0 Å². The number of carbonyl (C=O) groups excluding carboxylic acids is 1. The van der Waals surface area contributed by atoms with Crippen molar-refractivity contribution in [2.24, 2.45) is 0 Å². The highest BCUT2D eigenvalue weighted by molar-refractivity contribution is 7.46. The number of phosphoric acid groups is 1. The molecule has 0 aromatic heterocycles. The molecule has 1 fully saturated rings. The van der Waals surface area contributed by atoms with Gasteiger partial charge in [0.05, 0.1) is 26.0 Å². The Hall–Kier alpha value is -1.98. The number of ether oxygens (including phenoxy) is 2. The number of hydrogen-bond donors (Lipinski definition) is 5. The van der Waals surface area contributed by atoms with Gasteiger partial charge in [-0.05, 0) is 17.7 Å². The summed E-state index contributed by atoms with van der Waals surface area (Å²) in [5.74, 6) is 0.304. The smallest absolute Gasteiger partial charge is 0.469 e. The summed E-state index contributed by atoms with van der Waals surface area (Å²) >= 11 is 0. The first kappa shape index (κ1) is 20.7. The standard InChI is InChI=1S/C16H21N2O9P/c1-25-10-4-2-9(3-5-10)11-6-18(8-17-15(11)21)16-14(20)13(19)12(27-16)7-26-28(22,23)24/h2-6,12-14,16,19-20H,7-8H2,1H3,(H,17,21)(H2,22,23,24)/t12-,13-,14-,16-/m1/s1. The summed E-state index contributed by atoms with van der Waals surface area (Å²) in [6.45, 7) is -0.590. The van der Waals surface area contributed by atoms with Gasteiger partial charge in [-0.25, -0.2) is 4.57 Å². The number of amides is 1. The highest BCUT2D eigenvalue weighted by Crippen LogP contribution is 2.37. The van der Waals surface area contributed by atoms with Crippen molar-refractivity contribution in [1.82, 2.24) is 10.2 Å². The predicted molar refractivity (Wildman–Crippen MR) is 94.5 cm³/mol. The number of methoxy groups -OCH3 is 1. The Morgan fingerprint density at radius 2 is 1.93 bits per heavy atom. The molecule has 11 nitrogen and oxygen atoms in total. The van der Waals surface area contributed by atoms with Crippen LogP contribution in [-0.2, 0) is 18.6 Å². The average Bonchev–Trinajstić information content (AvgIpc) is 2.95. The molecule has 1 aromatic rings. The fourth-order valence-electron chi connectivity index (χ4n) is 2.98. The van der Waals surface area contributed by atoms with Crippen LogP contribution in [0.3, 0.4) is 0 Å². The summed E-state index contributed by atoms with van der Waals surface area (Å²) in [6, 6.07) is 6.79. The lowest BCUT2D eigenvalue weighted by atomic mass is 10.0. The molecule has 2 aliphatic heterocycles. The zero-order valence-corrected chi connectivity index (χ0v) is 15.7. The first-order valence-electron chi connectivity index (χ1n) is 8.31. The lowest BCUT2D eigenvalue weighted by Crippen LogP contribution is -2.49. The Balaban J connectivity index is 1.77. The Bertz CT molecular complexity index is 794. The van der Waals surface area contributed by atoms with Crippen LogP contribution in [0.5, 0.6) is 5.75 Å². The maximum atomic E-state index is 12.2. The first-order chi connectivity index (χ1) is 13.2. The topological polar surface area (TPSA) is 158 Å². The number of rotatable bonds is 6. The molecule has 5 N–H and O–H groups in total. The average molecular weight is 416 g/mol. The fourth-order valence-corrected chi connectivity index (χ4v) is 3.32. The number of benzene rings is 1. The third kappa shape index (κ3) is 4.53. The summed E-state index contributed by atoms with van der Waals surface area (Å²) in [7, 11) is -3.22. The van der Waals surface area contributed by atoms with Crippen molar-refractivity contribution in [2.45, 2.75) is 24.5 Å². The lowest BCUT2D eigenvalue weighted by molar-refractivity contribution is -0.120. The number of phosphoric ester groups is 1. The molecule has 3 rings (SSSR count). The van der Waals surface area contributed by atoms with E-state index >= 15 is 0 Å². The summed E-state index contributed by atoms with van der Waals surface area (Å²) < 4.78 is 25.8. The number of nitrogens with one attached hydrogen (secondary N) is 1. The van der Waals surface area contributed by atoms with E-state index in [1.54, 1.807) is 24.3 Å². The van der Waals surface area contributed by atoms with Crippen LogP contribution in [0.2, 0.25) is 0 Å². The van der Waals surface area contributed by atoms with Crippen molar-refractivity contribution in [2.75, 3.05) is 20.4 Å². The molecule has 28 heavy (non-hydrogen) atoms. The lowest BCUT2D eigenvalue weighted by Gasteiger charge is -2.33. The zero-order valence-electron chi connectivity index (χ0n) is 14.8. The van der Waals surface area contributed by atoms with Gasteiger partial charge in [-0.2, -0.15) is 0 Å². The summed E-state index contributed by atoms with van der Waals surface area (Å²) in [6.07, 6.45) is -3.51. The van der Waals surface area contributed by atoms with Gasteiger partial charge in [0.15, 0.2) is 6.23 Å². The number of carbonyl (C=O) groups is 1. The molecule has 0 radical (unpaired) electrons. The minimum atomic E-state index is -4.75. The van der Waals surface area contributed by atoms with E-state index < -0.39 is 39.0 Å². The molecular weight excluding hydrogens is 395 g/mol. The van der Waals surface area contributed by atoms with Crippen LogP contribution in [0, 0.1) is 0 Å². The molecule has 4 atom stereocenters. The van der Waals surface area contributed by atoms with Gasteiger partial charge in [0.25, 0.3) is 5.91 Å². The maximum Gasteiger partial charge on any atom is 0.469 e. The van der Waals surface area contributed by atoms with Gasteiger partial charge in [0, 0.05) is 6.20 Å². The number of hydrogen-bond acceptors (Lipinski definition) is 8. The van der Waals surface area contributed by atoms with Crippen molar-refractivity contribution in [3.8, 4) is 5.75 Å². The normalized spacial score (nSPS) is 28.1. The van der Waals surface area contributed by atoms with Crippen LogP contribution < -0.4 is 10.1 Å². The number of nitrogens with zero attached hydrogens (tertiary/aromatic N) is 1. The van der Waals surface area contributed by atoms with Crippen LogP contribution in [0.15, 0.2) is 30.5 Å². The van der Waals surface area contributed by atoms with Crippen molar-refractivity contribution >= 4 is 19.3 Å². The molecule has 0 saturated carbocycles. The maximum absolute atomic E-state index is 12.2. The Morgan fingerprint density at radius 3 is 2.54 bits per heavy atom. The van der Waals surface area contributed by atoms with Gasteiger partial charge in [0.1, 0.15) is 24.1 Å². The summed E-state index contributed by atoms with van der Waals surface area (Å²) in [4.78, 5) is 31.3. The van der Waals surface area contributed by atoms with Crippen LogP contribution in [0.4, 0.5) is 0 Å². The largest absolute Gasteiger partial charge is 0.497 e. The molecule has 1 saturated heterocycles. The Morgan fingerprint density at radius 1 is 1.25 bits per heavy atom. The second-order valence-corrected chi connectivity index (χ2v) is 7.52. The van der Waals surface area contributed by atoms with E-state index in [4.69, 9.17) is 19.3 Å². The van der Waals surface area contributed by atoms with E-state index in [-0.39, 0.29) is 12.6 Å². The van der Waals surface area contributed by atoms with Crippen LogP contribution in [-0.4, -0.2) is 75.7 Å². The molecule has 1 amide bonds. The minimum absolute atomic E-state index is 0.0129. The van der Waals surface area contributed by atoms with Crippen LogP contribution in [0.1, 0.15) is 5.56 Å². The van der Waals surface area contributed by atoms with Gasteiger partial charge in [-0.3, -0.25) is 9.32 Å². The zero-order chi connectivity index (χ0) is 20.5. The highest BCUT2D eigenvalue weighted by Gasteiger charge is 2.46. The van der Waals surface area contributed by atoms with E-state index in [1.165, 1.54) is 18.2 Å². The molecular formula is C16H21N2O9P. The molecule has 0 spiro atoms. The molecule has 154 valence electrons. The van der Waals surface area contributed by atoms with Crippen LogP contribution in [0.25, 0.3) is 5.57 Å². The van der Waals surface area contributed by atoms with E-state index in [1.807, 2.05) is 0 Å². The molecule has 0 bridgehead atoms. The quantitative estimate of drug-likeness (QED) is 0.364. The van der Waals surface area contributed by atoms with E-state index in [0.717, 1.165) is 0 Å². The van der Waals surface area contributed by atoms with Gasteiger partial charge in [-0.1, -0.05) is 12.1 Å². The molecule has 1 aromatic carbocycles. The Kier molecular flexibility index (Phi) is 6.06. The third-order valence-electron chi connectivity index (χ3n) is 4.43. The summed E-state index contributed by atoms with van der Waals surface area (Å²) in [5.41, 5.74) is 0.923. The van der Waals surface area contributed by atoms with Crippen LogP contribution >= 0.6 is 7.82 Å². The Labute approximate surface area is 160 Å². The fraction of sp³-hybridized carbons (Fsp3) is 0.438. The molecule has 2 aliphatic rings. The molecule has 12 heteroatoms. The van der Waals surface area contributed by atoms with Crippen molar-refractivity contribution < 1.29 is 43.4 Å². The second-order valence-electron chi connectivity index (χ2n) is 6.28. The van der Waals surface area contributed by atoms with Gasteiger partial charge >= 0.3 is 7.82 Å². The first-order valence-corrected chi connectivity index (χ1v) is 9.84. The van der Waals surface area contributed by atoms with E-state index in [9.17, 15) is 19.6 Å². The third-order valence-corrected chi connectivity index (χ3v) is 4.92. The van der Waals surface area contributed by atoms with E-state index in [2.05, 4.69) is 9.84 Å². The van der Waals surface area contributed by atoms with Crippen molar-refractivity contribution in [3.05, 3.63) is 36.0 Å². The van der Waals surface area contributed by atoms with Crippen molar-refractivity contribution in [1.29, 1.82) is 0 Å². The number of aliphatic hydroxyl groups excluding tert-OH is 2. The predicted octanol–water partition coefficient (Wildman–Crippen LogP) is -1.02. The minimum Gasteiger partial charge on any atom is -0.497 e. The van der Waals surface area contributed by atoms with Gasteiger partial charge in [0.2, 0.25) is 0 Å². The molecule has 0 aliphatic carbocycles. The SMILES string of the molecule is COc1ccc(C2=CN([C@@H]3O[C@H](COP(=O)(O)O)[C@@H](O)[C@H]3O)CNC2=O)cc1.